The van der Waals surface area contributed by atoms with Crippen LogP contribution >= 0.6 is 0 Å². The molecule has 0 aliphatic carbocycles. The summed E-state index contributed by atoms with van der Waals surface area (Å²) in [6, 6.07) is 18.1. The second kappa shape index (κ2) is 10.3. The minimum atomic E-state index is -0.880. The number of likely N-dealkylation sites (tertiary alicyclic amines) is 1. The molecule has 1 amide bonds. The Kier molecular flexibility index (Phi) is 7.01. The molecule has 1 aliphatic rings. The Bertz CT molecular complexity index is 1250. The number of rotatable bonds is 8. The van der Waals surface area contributed by atoms with Crippen LogP contribution in [0.3, 0.4) is 0 Å². The zero-order valence-electron chi connectivity index (χ0n) is 19.2. The van der Waals surface area contributed by atoms with Gasteiger partial charge in [0.05, 0.1) is 32.4 Å². The number of Topliss-reactive ketones (excluding diaryl/α,β-unsaturated/α-hetero) is 1. The highest BCUT2D eigenvalue weighted by atomic mass is 19.1. The van der Waals surface area contributed by atoms with Gasteiger partial charge >= 0.3 is 0 Å². The van der Waals surface area contributed by atoms with Gasteiger partial charge in [-0.2, -0.15) is 0 Å². The van der Waals surface area contributed by atoms with Gasteiger partial charge < -0.3 is 24.2 Å². The first-order valence-corrected chi connectivity index (χ1v) is 10.9. The molecular formula is C27H24FNO6. The van der Waals surface area contributed by atoms with E-state index in [1.807, 2.05) is 0 Å². The van der Waals surface area contributed by atoms with Crippen molar-refractivity contribution >= 4 is 17.4 Å². The number of carbonyl (C=O) groups excluding carboxylic acids is 2. The Labute approximate surface area is 202 Å². The van der Waals surface area contributed by atoms with E-state index in [9.17, 15) is 19.1 Å². The van der Waals surface area contributed by atoms with E-state index in [2.05, 4.69) is 0 Å². The van der Waals surface area contributed by atoms with Crippen molar-refractivity contribution in [3.63, 3.8) is 0 Å². The van der Waals surface area contributed by atoms with Crippen LogP contribution in [-0.4, -0.2) is 49.1 Å². The summed E-state index contributed by atoms with van der Waals surface area (Å²) in [7, 11) is 3.08. The van der Waals surface area contributed by atoms with Crippen LogP contribution in [0.15, 0.2) is 78.4 Å². The number of benzene rings is 3. The lowest BCUT2D eigenvalue weighted by Crippen LogP contribution is -2.33. The highest BCUT2D eigenvalue weighted by molar-refractivity contribution is 6.46. The van der Waals surface area contributed by atoms with Gasteiger partial charge in [-0.3, -0.25) is 9.59 Å². The monoisotopic (exact) mass is 477 g/mol. The molecule has 0 bridgehead atoms. The second-order valence-electron chi connectivity index (χ2n) is 7.80. The molecule has 0 radical (unpaired) electrons. The number of halogens is 1. The summed E-state index contributed by atoms with van der Waals surface area (Å²) in [5.74, 6) is -0.668. The van der Waals surface area contributed by atoms with Gasteiger partial charge in [0.1, 0.15) is 35.4 Å². The third kappa shape index (κ3) is 4.96. The van der Waals surface area contributed by atoms with Crippen LogP contribution in [0.1, 0.15) is 17.2 Å². The smallest absolute Gasteiger partial charge is 0.295 e. The van der Waals surface area contributed by atoms with E-state index < -0.39 is 23.5 Å². The number of aliphatic hydroxyl groups is 1. The molecule has 180 valence electrons. The second-order valence-corrected chi connectivity index (χ2v) is 7.80. The van der Waals surface area contributed by atoms with Crippen molar-refractivity contribution in [2.75, 3.05) is 27.4 Å². The Hall–Kier alpha value is -4.33. The summed E-state index contributed by atoms with van der Waals surface area (Å²) in [6.07, 6.45) is 0. The first kappa shape index (κ1) is 23.8. The van der Waals surface area contributed by atoms with E-state index in [0.29, 0.717) is 22.8 Å². The maximum atomic E-state index is 13.4. The van der Waals surface area contributed by atoms with Crippen molar-refractivity contribution in [2.45, 2.75) is 6.04 Å². The first-order chi connectivity index (χ1) is 16.9. The Morgan fingerprint density at radius 3 is 2.23 bits per heavy atom. The Balaban J connectivity index is 1.68. The predicted octanol–water partition coefficient (Wildman–Crippen LogP) is 4.34. The van der Waals surface area contributed by atoms with Gasteiger partial charge in [0.2, 0.25) is 0 Å². The van der Waals surface area contributed by atoms with Crippen LogP contribution in [0.4, 0.5) is 4.39 Å². The number of hydrogen-bond acceptors (Lipinski definition) is 6. The fourth-order valence-corrected chi connectivity index (χ4v) is 3.97. The van der Waals surface area contributed by atoms with Crippen molar-refractivity contribution in [1.82, 2.24) is 4.90 Å². The molecule has 0 spiro atoms. The molecule has 0 aromatic heterocycles. The molecule has 4 rings (SSSR count). The first-order valence-electron chi connectivity index (χ1n) is 10.9. The number of aliphatic hydroxyl groups excluding tert-OH is 1. The molecule has 7 nitrogen and oxygen atoms in total. The maximum absolute atomic E-state index is 13.4. The van der Waals surface area contributed by atoms with Crippen molar-refractivity contribution < 1.29 is 33.3 Å². The fourth-order valence-electron chi connectivity index (χ4n) is 3.97. The van der Waals surface area contributed by atoms with Crippen molar-refractivity contribution in [2.24, 2.45) is 0 Å². The van der Waals surface area contributed by atoms with Gasteiger partial charge in [0.15, 0.2) is 0 Å². The molecule has 8 heteroatoms. The van der Waals surface area contributed by atoms with Crippen LogP contribution in [0, 0.1) is 5.82 Å². The topological polar surface area (TPSA) is 85.3 Å². The average molecular weight is 477 g/mol. The van der Waals surface area contributed by atoms with E-state index in [4.69, 9.17) is 14.2 Å². The number of ketones is 1. The highest BCUT2D eigenvalue weighted by Gasteiger charge is 2.46. The molecule has 1 atom stereocenters. The molecule has 1 aliphatic heterocycles. The Morgan fingerprint density at radius 1 is 0.914 bits per heavy atom. The fraction of sp³-hybridized carbons (Fsp3) is 0.185. The van der Waals surface area contributed by atoms with E-state index in [0.717, 1.165) is 0 Å². The average Bonchev–Trinajstić information content (AvgIpc) is 3.14. The molecule has 3 aromatic carbocycles. The SMILES string of the molecule is COc1ccc(OCCN2C(=O)C(=O)/C(=C(\O)c3ccc(F)cc3)C2c2cccc(OC)c2)cc1. The van der Waals surface area contributed by atoms with Crippen molar-refractivity contribution in [1.29, 1.82) is 0 Å². The number of nitrogens with zero attached hydrogens (tertiary/aromatic N) is 1. The summed E-state index contributed by atoms with van der Waals surface area (Å²) in [4.78, 5) is 27.5. The number of hydrogen-bond donors (Lipinski definition) is 1. The largest absolute Gasteiger partial charge is 0.507 e. The van der Waals surface area contributed by atoms with E-state index in [1.165, 1.54) is 36.3 Å². The molecule has 1 N–H and O–H groups in total. The minimum Gasteiger partial charge on any atom is -0.507 e. The quantitative estimate of drug-likeness (QED) is 0.295. The van der Waals surface area contributed by atoms with Crippen LogP contribution in [0.25, 0.3) is 5.76 Å². The molecule has 1 saturated heterocycles. The van der Waals surface area contributed by atoms with Crippen molar-refractivity contribution in [3.05, 3.63) is 95.3 Å². The molecule has 1 unspecified atom stereocenters. The molecule has 1 heterocycles. The predicted molar refractivity (Wildman–Crippen MR) is 127 cm³/mol. The van der Waals surface area contributed by atoms with Gasteiger partial charge in [0.25, 0.3) is 11.7 Å². The van der Waals surface area contributed by atoms with Crippen LogP contribution in [-0.2, 0) is 9.59 Å². The Morgan fingerprint density at radius 2 is 1.57 bits per heavy atom. The third-order valence-electron chi connectivity index (χ3n) is 5.73. The van der Waals surface area contributed by atoms with Gasteiger partial charge in [-0.1, -0.05) is 12.1 Å². The maximum Gasteiger partial charge on any atom is 0.295 e. The van der Waals surface area contributed by atoms with E-state index in [1.54, 1.807) is 55.6 Å². The van der Waals surface area contributed by atoms with Gasteiger partial charge in [-0.05, 0) is 66.2 Å². The molecular weight excluding hydrogens is 453 g/mol. The van der Waals surface area contributed by atoms with Gasteiger partial charge in [-0.15, -0.1) is 0 Å². The van der Waals surface area contributed by atoms with Crippen LogP contribution in [0.5, 0.6) is 17.2 Å². The lowest BCUT2D eigenvalue weighted by molar-refractivity contribution is -0.140. The van der Waals surface area contributed by atoms with Gasteiger partial charge in [-0.25, -0.2) is 4.39 Å². The molecule has 35 heavy (non-hydrogen) atoms. The van der Waals surface area contributed by atoms with Crippen LogP contribution < -0.4 is 14.2 Å². The minimum absolute atomic E-state index is 0.0820. The number of amides is 1. The van der Waals surface area contributed by atoms with Crippen LogP contribution in [0.2, 0.25) is 0 Å². The zero-order chi connectivity index (χ0) is 24.9. The summed E-state index contributed by atoms with van der Waals surface area (Å²) >= 11 is 0. The number of methoxy groups -OCH3 is 2. The summed E-state index contributed by atoms with van der Waals surface area (Å²) in [6.45, 7) is 0.190. The highest BCUT2D eigenvalue weighted by Crippen LogP contribution is 2.40. The summed E-state index contributed by atoms with van der Waals surface area (Å²) < 4.78 is 29.6. The molecule has 0 saturated carbocycles. The summed E-state index contributed by atoms with van der Waals surface area (Å²) in [5, 5.41) is 11.0. The number of ether oxygens (including phenoxy) is 3. The third-order valence-corrected chi connectivity index (χ3v) is 5.73. The van der Waals surface area contributed by atoms with Gasteiger partial charge in [0, 0.05) is 5.56 Å². The standard InChI is InChI=1S/C27H24FNO6/c1-33-20-10-12-21(13-11-20)35-15-14-29-24(18-4-3-5-22(16-18)34-2)23(26(31)27(29)32)25(30)17-6-8-19(28)9-7-17/h3-13,16,24,30H,14-15H2,1-2H3/b25-23-. The van der Waals surface area contributed by atoms with E-state index in [-0.39, 0.29) is 30.0 Å². The summed E-state index contributed by atoms with van der Waals surface area (Å²) in [5.41, 5.74) is 0.725. The van der Waals surface area contributed by atoms with E-state index >= 15 is 0 Å². The lowest BCUT2D eigenvalue weighted by atomic mass is 9.95. The zero-order valence-corrected chi connectivity index (χ0v) is 19.2. The molecule has 3 aromatic rings. The number of carbonyl (C=O) groups is 2. The molecule has 1 fully saturated rings. The van der Waals surface area contributed by atoms with Crippen molar-refractivity contribution in [3.8, 4) is 17.2 Å². The lowest BCUT2D eigenvalue weighted by Gasteiger charge is -2.25. The normalized spacial score (nSPS) is 16.9.